The average molecular weight is 547 g/mol. The maximum atomic E-state index is 14.8. The summed E-state index contributed by atoms with van der Waals surface area (Å²) in [4.78, 5) is 22.7. The highest BCUT2D eigenvalue weighted by Crippen LogP contribution is 2.22. The van der Waals surface area contributed by atoms with Crippen molar-refractivity contribution in [1.29, 1.82) is 0 Å². The number of rotatable bonds is 5. The molecule has 0 saturated carbocycles. The molecule has 0 atom stereocenters. The molecule has 174 valence electrons. The van der Waals surface area contributed by atoms with Crippen molar-refractivity contribution >= 4 is 41.6 Å². The number of benzene rings is 1. The fraction of sp³-hybridized carbons (Fsp3) is 0.636. The summed E-state index contributed by atoms with van der Waals surface area (Å²) in [7, 11) is 3.18. The van der Waals surface area contributed by atoms with Gasteiger partial charge in [-0.05, 0) is 37.1 Å². The molecule has 9 heteroatoms. The van der Waals surface area contributed by atoms with E-state index in [1.54, 1.807) is 13.1 Å². The Bertz CT molecular complexity index is 747. The lowest BCUT2D eigenvalue weighted by atomic mass is 9.97. The zero-order valence-corrected chi connectivity index (χ0v) is 21.1. The predicted octanol–water partition coefficient (Wildman–Crippen LogP) is 2.55. The molecule has 0 aliphatic carbocycles. The van der Waals surface area contributed by atoms with E-state index >= 15 is 0 Å². The van der Waals surface area contributed by atoms with Crippen molar-refractivity contribution in [3.8, 4) is 0 Å². The number of halogens is 2. The lowest BCUT2D eigenvalue weighted by Crippen LogP contribution is -2.46. The van der Waals surface area contributed by atoms with Gasteiger partial charge in [0.05, 0.1) is 18.7 Å². The van der Waals surface area contributed by atoms with Gasteiger partial charge in [-0.25, -0.2) is 4.39 Å². The Morgan fingerprint density at radius 1 is 1.19 bits per heavy atom. The van der Waals surface area contributed by atoms with Gasteiger partial charge in [0, 0.05) is 52.9 Å². The Morgan fingerprint density at radius 3 is 2.42 bits per heavy atom. The van der Waals surface area contributed by atoms with Crippen molar-refractivity contribution in [3.05, 3.63) is 29.6 Å². The van der Waals surface area contributed by atoms with Gasteiger partial charge in [-0.2, -0.15) is 0 Å². The van der Waals surface area contributed by atoms with Gasteiger partial charge < -0.3 is 24.8 Å². The van der Waals surface area contributed by atoms with Crippen LogP contribution in [0.2, 0.25) is 0 Å². The smallest absolute Gasteiger partial charge is 0.308 e. The molecule has 7 nitrogen and oxygen atoms in total. The minimum Gasteiger partial charge on any atom is -0.469 e. The van der Waals surface area contributed by atoms with Crippen LogP contribution in [-0.4, -0.2) is 81.7 Å². The fourth-order valence-corrected chi connectivity index (χ4v) is 4.23. The number of hydrogen-bond acceptors (Lipinski definition) is 5. The van der Waals surface area contributed by atoms with E-state index in [0.29, 0.717) is 12.2 Å². The van der Waals surface area contributed by atoms with Crippen molar-refractivity contribution in [2.24, 2.45) is 10.9 Å². The average Bonchev–Trinajstić information content (AvgIpc) is 2.79. The number of hydrogen-bond donors (Lipinski definition) is 1. The summed E-state index contributed by atoms with van der Waals surface area (Å²) < 4.78 is 19.6. The molecule has 2 fully saturated rings. The lowest BCUT2D eigenvalue weighted by molar-refractivity contribution is -0.146. The molecule has 0 amide bonds. The highest BCUT2D eigenvalue weighted by molar-refractivity contribution is 14.0. The highest BCUT2D eigenvalue weighted by atomic mass is 127. The standard InChI is InChI=1S/C22H34FN5O2.HI/c1-4-26-11-13-27(14-12-26)20-6-5-17(15-19(20)23)16-25-22(24-2)28-9-7-18(8-10-28)21(29)30-3;/h5-6,15,18H,4,7-14,16H2,1-3H3,(H,24,25);1H. The Balaban J connectivity index is 0.00000341. The number of piperazine rings is 1. The number of nitrogens with zero attached hydrogens (tertiary/aromatic N) is 4. The fourth-order valence-electron chi connectivity index (χ4n) is 4.23. The van der Waals surface area contributed by atoms with Crippen LogP contribution in [0.5, 0.6) is 0 Å². The molecule has 0 radical (unpaired) electrons. The van der Waals surface area contributed by atoms with Gasteiger partial charge in [0.25, 0.3) is 0 Å². The molecule has 2 aliphatic heterocycles. The Labute approximate surface area is 202 Å². The molecule has 3 rings (SSSR count). The van der Waals surface area contributed by atoms with Crippen molar-refractivity contribution < 1.29 is 13.9 Å². The van der Waals surface area contributed by atoms with Crippen LogP contribution in [0.15, 0.2) is 23.2 Å². The first kappa shape index (κ1) is 25.6. The first-order valence-electron chi connectivity index (χ1n) is 10.8. The first-order chi connectivity index (χ1) is 14.5. The maximum absolute atomic E-state index is 14.8. The number of anilines is 1. The number of aliphatic imine (C=N–C) groups is 1. The van der Waals surface area contributed by atoms with Gasteiger partial charge in [-0.3, -0.25) is 9.79 Å². The second-order valence-electron chi connectivity index (χ2n) is 7.89. The highest BCUT2D eigenvalue weighted by Gasteiger charge is 2.27. The van der Waals surface area contributed by atoms with E-state index in [0.717, 1.165) is 70.2 Å². The zero-order valence-electron chi connectivity index (χ0n) is 18.8. The largest absolute Gasteiger partial charge is 0.469 e. The number of guanidine groups is 1. The molecule has 0 unspecified atom stereocenters. The lowest BCUT2D eigenvalue weighted by Gasteiger charge is -2.35. The van der Waals surface area contributed by atoms with Crippen LogP contribution in [0, 0.1) is 11.7 Å². The molecule has 0 spiro atoms. The zero-order chi connectivity index (χ0) is 21.5. The number of carbonyl (C=O) groups is 1. The topological polar surface area (TPSA) is 60.4 Å². The molecule has 2 aliphatic rings. The third-order valence-corrected chi connectivity index (χ3v) is 6.16. The Morgan fingerprint density at radius 2 is 1.87 bits per heavy atom. The van der Waals surface area contributed by atoms with E-state index in [-0.39, 0.29) is 41.7 Å². The summed E-state index contributed by atoms with van der Waals surface area (Å²) in [5, 5.41) is 3.33. The molecule has 0 aromatic heterocycles. The van der Waals surface area contributed by atoms with E-state index in [9.17, 15) is 9.18 Å². The van der Waals surface area contributed by atoms with Crippen LogP contribution in [0.4, 0.5) is 10.1 Å². The second kappa shape index (κ2) is 12.4. The minimum absolute atomic E-state index is 0. The first-order valence-corrected chi connectivity index (χ1v) is 10.8. The van der Waals surface area contributed by atoms with E-state index in [4.69, 9.17) is 4.74 Å². The van der Waals surface area contributed by atoms with E-state index < -0.39 is 0 Å². The van der Waals surface area contributed by atoms with Crippen LogP contribution in [0.1, 0.15) is 25.3 Å². The molecular weight excluding hydrogens is 512 g/mol. The number of esters is 1. The van der Waals surface area contributed by atoms with Gasteiger partial charge in [-0.15, -0.1) is 24.0 Å². The number of likely N-dealkylation sites (N-methyl/N-ethyl adjacent to an activating group) is 1. The molecule has 1 N–H and O–H groups in total. The van der Waals surface area contributed by atoms with Gasteiger partial charge in [-0.1, -0.05) is 13.0 Å². The normalized spacial score (nSPS) is 18.5. The van der Waals surface area contributed by atoms with Crippen molar-refractivity contribution in [3.63, 3.8) is 0 Å². The van der Waals surface area contributed by atoms with Gasteiger partial charge in [0.1, 0.15) is 5.82 Å². The second-order valence-corrected chi connectivity index (χ2v) is 7.89. The molecular formula is C22H35FIN5O2. The third kappa shape index (κ3) is 6.68. The Hall–Kier alpha value is -1.62. The van der Waals surface area contributed by atoms with Crippen LogP contribution in [-0.2, 0) is 16.1 Å². The van der Waals surface area contributed by atoms with Crippen molar-refractivity contribution in [2.75, 3.05) is 64.9 Å². The number of likely N-dealkylation sites (tertiary alicyclic amines) is 1. The number of carbonyl (C=O) groups excluding carboxylic acids is 1. The van der Waals surface area contributed by atoms with E-state index in [1.807, 2.05) is 12.1 Å². The molecule has 31 heavy (non-hydrogen) atoms. The summed E-state index contributed by atoms with van der Waals surface area (Å²) in [6.45, 7) is 8.87. The number of methoxy groups -OCH3 is 1. The van der Waals surface area contributed by atoms with Gasteiger partial charge in [0.2, 0.25) is 0 Å². The van der Waals surface area contributed by atoms with Gasteiger partial charge in [0.15, 0.2) is 5.96 Å². The summed E-state index contributed by atoms with van der Waals surface area (Å²) in [5.74, 6) is 0.432. The monoisotopic (exact) mass is 547 g/mol. The van der Waals surface area contributed by atoms with Crippen LogP contribution < -0.4 is 10.2 Å². The molecule has 1 aromatic rings. The number of nitrogens with one attached hydrogen (secondary N) is 1. The van der Waals surface area contributed by atoms with E-state index in [1.165, 1.54) is 7.11 Å². The summed E-state index contributed by atoms with van der Waals surface area (Å²) >= 11 is 0. The number of piperidine rings is 1. The van der Waals surface area contributed by atoms with E-state index in [2.05, 4.69) is 31.9 Å². The third-order valence-electron chi connectivity index (χ3n) is 6.16. The summed E-state index contributed by atoms with van der Waals surface area (Å²) in [6, 6.07) is 5.48. The molecule has 2 heterocycles. The quantitative estimate of drug-likeness (QED) is 0.265. The van der Waals surface area contributed by atoms with Crippen LogP contribution in [0.3, 0.4) is 0 Å². The minimum atomic E-state index is -0.173. The molecule has 0 bridgehead atoms. The number of ether oxygens (including phenoxy) is 1. The SMILES string of the molecule is CCN1CCN(c2ccc(CNC(=NC)N3CCC(C(=O)OC)CC3)cc2F)CC1.I. The van der Waals surface area contributed by atoms with Crippen molar-refractivity contribution in [2.45, 2.75) is 26.3 Å². The summed E-state index contributed by atoms with van der Waals surface area (Å²) in [5.41, 5.74) is 1.57. The van der Waals surface area contributed by atoms with Crippen LogP contribution >= 0.6 is 24.0 Å². The maximum Gasteiger partial charge on any atom is 0.308 e. The van der Waals surface area contributed by atoms with Crippen LogP contribution in [0.25, 0.3) is 0 Å². The molecule has 1 aromatic carbocycles. The van der Waals surface area contributed by atoms with Crippen molar-refractivity contribution in [1.82, 2.24) is 15.1 Å². The molecule has 2 saturated heterocycles. The predicted molar refractivity (Wildman–Crippen MR) is 133 cm³/mol. The van der Waals surface area contributed by atoms with Gasteiger partial charge >= 0.3 is 5.97 Å². The Kier molecular flexibility index (Phi) is 10.3. The summed E-state index contributed by atoms with van der Waals surface area (Å²) in [6.07, 6.45) is 1.50.